The van der Waals surface area contributed by atoms with Crippen LogP contribution in [0.2, 0.25) is 0 Å². The molecule has 1 atom stereocenters. The molecule has 2 aromatic carbocycles. The fourth-order valence-electron chi connectivity index (χ4n) is 2.77. The summed E-state index contributed by atoms with van der Waals surface area (Å²) in [4.78, 5) is 11.6. The highest BCUT2D eigenvalue weighted by molar-refractivity contribution is 6.22. The van der Waals surface area contributed by atoms with Gasteiger partial charge in [-0.25, -0.2) is 0 Å². The summed E-state index contributed by atoms with van der Waals surface area (Å²) in [6.45, 7) is 2.07. The van der Waals surface area contributed by atoms with Crippen molar-refractivity contribution in [1.29, 1.82) is 0 Å². The zero-order valence-corrected chi connectivity index (χ0v) is 12.8. The zero-order chi connectivity index (χ0) is 14.8. The first-order chi connectivity index (χ1) is 10.1. The van der Waals surface area contributed by atoms with Crippen molar-refractivity contribution < 1.29 is 4.79 Å². The van der Waals surface area contributed by atoms with Gasteiger partial charge in [0.15, 0.2) is 0 Å². The summed E-state index contributed by atoms with van der Waals surface area (Å²) < 4.78 is 0. The van der Waals surface area contributed by atoms with Crippen LogP contribution in [0.5, 0.6) is 0 Å². The van der Waals surface area contributed by atoms with E-state index in [1.165, 1.54) is 11.1 Å². The Balaban J connectivity index is 1.93. The Morgan fingerprint density at radius 1 is 1.10 bits per heavy atom. The van der Waals surface area contributed by atoms with Gasteiger partial charge in [0.2, 0.25) is 5.91 Å². The molecule has 0 radical (unpaired) electrons. The van der Waals surface area contributed by atoms with E-state index in [9.17, 15) is 4.79 Å². The Labute approximate surface area is 130 Å². The Bertz CT molecular complexity index is 681. The number of nitrogens with one attached hydrogen (secondary N) is 1. The number of carbonyl (C=O) groups excluding carboxylic acids is 1. The Morgan fingerprint density at radius 3 is 2.71 bits per heavy atom. The first-order valence-electron chi connectivity index (χ1n) is 7.27. The normalized spacial score (nSPS) is 15.8. The average molecular weight is 300 g/mol. The van der Waals surface area contributed by atoms with Crippen LogP contribution in [-0.4, -0.2) is 5.91 Å². The van der Waals surface area contributed by atoms with Gasteiger partial charge in [-0.15, -0.1) is 11.6 Å². The van der Waals surface area contributed by atoms with Gasteiger partial charge in [-0.2, -0.15) is 0 Å². The molecule has 1 aliphatic rings. The van der Waals surface area contributed by atoms with E-state index in [0.29, 0.717) is 6.42 Å². The van der Waals surface area contributed by atoms with Crippen molar-refractivity contribution in [1.82, 2.24) is 0 Å². The highest BCUT2D eigenvalue weighted by atomic mass is 35.5. The number of carbonyl (C=O) groups is 1. The van der Waals surface area contributed by atoms with Crippen molar-refractivity contribution >= 4 is 23.2 Å². The van der Waals surface area contributed by atoms with E-state index in [1.54, 1.807) is 0 Å². The van der Waals surface area contributed by atoms with Crippen LogP contribution < -0.4 is 5.32 Å². The molecule has 0 saturated heterocycles. The molecule has 1 unspecified atom stereocenters. The summed E-state index contributed by atoms with van der Waals surface area (Å²) in [7, 11) is 0. The molecule has 2 aromatic rings. The number of rotatable bonds is 2. The van der Waals surface area contributed by atoms with E-state index in [-0.39, 0.29) is 11.3 Å². The summed E-state index contributed by atoms with van der Waals surface area (Å²) in [5.74, 6) is 0.0996. The van der Waals surface area contributed by atoms with E-state index in [2.05, 4.69) is 36.5 Å². The van der Waals surface area contributed by atoms with Crippen LogP contribution in [-0.2, 0) is 11.2 Å². The fraction of sp³-hybridized carbons (Fsp3) is 0.278. The maximum Gasteiger partial charge on any atom is 0.224 e. The number of alkyl halides is 1. The van der Waals surface area contributed by atoms with Gasteiger partial charge < -0.3 is 5.32 Å². The molecular formula is C18H18ClNO. The number of fused-ring (bicyclic) bond motifs is 1. The van der Waals surface area contributed by atoms with Crippen LogP contribution in [0.15, 0.2) is 42.5 Å². The lowest BCUT2D eigenvalue weighted by Gasteiger charge is -2.14. The standard InChI is InChI=1S/C18H18ClNO/c1-12-4-2-6-14(10-12)18(19)15-8-9-16-13(11-15)5-3-7-17(21)20-16/h2,4,6,8-11,18H,3,5,7H2,1H3,(H,20,21). The van der Waals surface area contributed by atoms with Crippen molar-refractivity contribution in [3.05, 3.63) is 64.7 Å². The SMILES string of the molecule is Cc1cccc(C(Cl)c2ccc3c(c2)CCCC(=O)N3)c1. The van der Waals surface area contributed by atoms with Crippen LogP contribution in [0, 0.1) is 6.92 Å². The van der Waals surface area contributed by atoms with Crippen molar-refractivity contribution in [3.8, 4) is 0 Å². The molecule has 21 heavy (non-hydrogen) atoms. The minimum Gasteiger partial charge on any atom is -0.326 e. The number of benzene rings is 2. The highest BCUT2D eigenvalue weighted by Gasteiger charge is 2.16. The van der Waals surface area contributed by atoms with E-state index < -0.39 is 0 Å². The van der Waals surface area contributed by atoms with Gasteiger partial charge in [0, 0.05) is 12.1 Å². The van der Waals surface area contributed by atoms with E-state index in [1.807, 2.05) is 18.2 Å². The van der Waals surface area contributed by atoms with Crippen LogP contribution >= 0.6 is 11.6 Å². The summed E-state index contributed by atoms with van der Waals surface area (Å²) in [6, 6.07) is 14.4. The van der Waals surface area contributed by atoms with Crippen molar-refractivity contribution in [2.45, 2.75) is 31.6 Å². The second-order valence-electron chi connectivity index (χ2n) is 5.60. The number of amides is 1. The molecule has 1 N–H and O–H groups in total. The summed E-state index contributed by atoms with van der Waals surface area (Å²) in [5, 5.41) is 2.80. The monoisotopic (exact) mass is 299 g/mol. The first kappa shape index (κ1) is 14.2. The summed E-state index contributed by atoms with van der Waals surface area (Å²) >= 11 is 6.63. The zero-order valence-electron chi connectivity index (χ0n) is 12.0. The number of halogens is 1. The average Bonchev–Trinajstić information content (AvgIpc) is 2.66. The molecule has 0 spiro atoms. The number of hydrogen-bond acceptors (Lipinski definition) is 1. The van der Waals surface area contributed by atoms with Gasteiger partial charge in [0.1, 0.15) is 0 Å². The lowest BCUT2D eigenvalue weighted by molar-refractivity contribution is -0.116. The minimum atomic E-state index is -0.158. The lowest BCUT2D eigenvalue weighted by atomic mass is 9.98. The van der Waals surface area contributed by atoms with Gasteiger partial charge in [0.05, 0.1) is 5.38 Å². The second-order valence-corrected chi connectivity index (χ2v) is 6.03. The molecule has 3 heteroatoms. The number of aryl methyl sites for hydroxylation is 2. The van der Waals surface area contributed by atoms with Crippen molar-refractivity contribution in [2.24, 2.45) is 0 Å². The predicted octanol–water partition coefficient (Wildman–Crippen LogP) is 4.60. The molecular weight excluding hydrogens is 282 g/mol. The maximum atomic E-state index is 11.6. The molecule has 0 saturated carbocycles. The molecule has 0 aromatic heterocycles. The van der Waals surface area contributed by atoms with Gasteiger partial charge >= 0.3 is 0 Å². The number of hydrogen-bond donors (Lipinski definition) is 1. The Morgan fingerprint density at radius 2 is 1.90 bits per heavy atom. The van der Waals surface area contributed by atoms with Crippen molar-refractivity contribution in [3.63, 3.8) is 0 Å². The molecule has 0 aliphatic carbocycles. The fourth-order valence-corrected chi connectivity index (χ4v) is 3.04. The molecule has 0 bridgehead atoms. The molecule has 3 rings (SSSR count). The third-order valence-electron chi connectivity index (χ3n) is 3.88. The predicted molar refractivity (Wildman–Crippen MR) is 86.9 cm³/mol. The quantitative estimate of drug-likeness (QED) is 0.807. The highest BCUT2D eigenvalue weighted by Crippen LogP contribution is 2.32. The molecule has 1 amide bonds. The molecule has 2 nitrogen and oxygen atoms in total. The van der Waals surface area contributed by atoms with Crippen LogP contribution in [0.3, 0.4) is 0 Å². The van der Waals surface area contributed by atoms with Gasteiger partial charge in [-0.05, 0) is 42.5 Å². The summed E-state index contributed by atoms with van der Waals surface area (Å²) in [5.41, 5.74) is 5.50. The van der Waals surface area contributed by atoms with E-state index in [0.717, 1.165) is 29.7 Å². The van der Waals surface area contributed by atoms with Crippen LogP contribution in [0.1, 0.15) is 40.5 Å². The second kappa shape index (κ2) is 5.90. The largest absolute Gasteiger partial charge is 0.326 e. The van der Waals surface area contributed by atoms with Crippen molar-refractivity contribution in [2.75, 3.05) is 5.32 Å². The third kappa shape index (κ3) is 3.11. The molecule has 0 fully saturated rings. The topological polar surface area (TPSA) is 29.1 Å². The lowest BCUT2D eigenvalue weighted by Crippen LogP contribution is -2.09. The van der Waals surface area contributed by atoms with Crippen LogP contribution in [0.25, 0.3) is 0 Å². The Kier molecular flexibility index (Phi) is 3.98. The third-order valence-corrected chi connectivity index (χ3v) is 4.38. The summed E-state index contributed by atoms with van der Waals surface area (Å²) in [6.07, 6.45) is 2.39. The molecule has 1 aliphatic heterocycles. The van der Waals surface area contributed by atoms with E-state index in [4.69, 9.17) is 11.6 Å². The van der Waals surface area contributed by atoms with Gasteiger partial charge in [-0.3, -0.25) is 4.79 Å². The van der Waals surface area contributed by atoms with Gasteiger partial charge in [0.25, 0.3) is 0 Å². The van der Waals surface area contributed by atoms with Gasteiger partial charge in [-0.1, -0.05) is 42.0 Å². The molecule has 108 valence electrons. The maximum absolute atomic E-state index is 11.6. The smallest absolute Gasteiger partial charge is 0.224 e. The Hall–Kier alpha value is -1.80. The molecule has 1 heterocycles. The van der Waals surface area contributed by atoms with E-state index >= 15 is 0 Å². The number of anilines is 1. The minimum absolute atomic E-state index is 0.0996. The first-order valence-corrected chi connectivity index (χ1v) is 7.70. The van der Waals surface area contributed by atoms with Crippen LogP contribution in [0.4, 0.5) is 5.69 Å².